The number of halogens is 6. The first-order chi connectivity index (χ1) is 13.7. The second-order valence-corrected chi connectivity index (χ2v) is 6.78. The van der Waals surface area contributed by atoms with Crippen LogP contribution in [0.3, 0.4) is 0 Å². The third kappa shape index (κ3) is 5.91. The van der Waals surface area contributed by atoms with Crippen LogP contribution in [0.2, 0.25) is 5.15 Å². The fourth-order valence-electron chi connectivity index (χ4n) is 2.16. The molecule has 0 spiro atoms. The Labute approximate surface area is 175 Å². The fraction of sp³-hybridized carbons (Fsp3) is 0.118. The zero-order chi connectivity index (χ0) is 21.0. The molecule has 6 nitrogen and oxygen atoms in total. The van der Waals surface area contributed by atoms with Crippen molar-refractivity contribution in [2.75, 3.05) is 5.32 Å². The first-order valence-electron chi connectivity index (χ1n) is 7.87. The summed E-state index contributed by atoms with van der Waals surface area (Å²) in [6.45, 7) is 0.214. The van der Waals surface area contributed by atoms with Crippen LogP contribution in [0.15, 0.2) is 57.4 Å². The predicted octanol–water partition coefficient (Wildman–Crippen LogP) is 6.47. The number of benzene rings is 1. The number of pyridine rings is 1. The van der Waals surface area contributed by atoms with Gasteiger partial charge in [0.05, 0.1) is 12.1 Å². The second-order valence-electron chi connectivity index (χ2n) is 5.58. The molecule has 1 N–H and O–H groups in total. The first kappa shape index (κ1) is 21.1. The van der Waals surface area contributed by atoms with E-state index in [1.165, 1.54) is 6.07 Å². The lowest BCUT2D eigenvalue weighted by Gasteiger charge is -2.11. The average molecular weight is 490 g/mol. The van der Waals surface area contributed by atoms with E-state index in [1.54, 1.807) is 18.3 Å². The van der Waals surface area contributed by atoms with Gasteiger partial charge in [0.25, 0.3) is 5.95 Å². The summed E-state index contributed by atoms with van der Waals surface area (Å²) in [5, 5.41) is 10.4. The quantitative estimate of drug-likeness (QED) is 0.193. The van der Waals surface area contributed by atoms with E-state index in [1.807, 2.05) is 0 Å². The Morgan fingerprint density at radius 1 is 1.10 bits per heavy atom. The molecule has 0 bridgehead atoms. The van der Waals surface area contributed by atoms with Crippen molar-refractivity contribution in [3.63, 3.8) is 0 Å². The molecule has 0 atom stereocenters. The first-order valence-corrected chi connectivity index (χ1v) is 9.04. The largest absolute Gasteiger partial charge is 0.419 e. The van der Waals surface area contributed by atoms with Gasteiger partial charge in [-0.05, 0) is 45.8 Å². The minimum atomic E-state index is -4.83. The zero-order valence-corrected chi connectivity index (χ0v) is 16.6. The van der Waals surface area contributed by atoms with E-state index in [0.29, 0.717) is 16.7 Å². The van der Waals surface area contributed by atoms with E-state index >= 15 is 0 Å². The lowest BCUT2D eigenvalue weighted by Crippen LogP contribution is -2.08. The Morgan fingerprint density at radius 2 is 1.90 bits per heavy atom. The van der Waals surface area contributed by atoms with E-state index in [4.69, 9.17) is 11.6 Å². The molecule has 12 heteroatoms. The van der Waals surface area contributed by atoms with Crippen LogP contribution in [0.4, 0.5) is 35.0 Å². The number of nitrogens with one attached hydrogen (secondary N) is 1. The van der Waals surface area contributed by atoms with Crippen LogP contribution in [-0.2, 0) is 12.7 Å². The van der Waals surface area contributed by atoms with Gasteiger partial charge in [0, 0.05) is 18.0 Å². The lowest BCUT2D eigenvalue weighted by atomic mass is 10.2. The normalized spacial score (nSPS) is 11.8. The monoisotopic (exact) mass is 488 g/mol. The molecule has 2 aromatic heterocycles. The van der Waals surface area contributed by atoms with E-state index in [-0.39, 0.29) is 29.2 Å². The highest BCUT2D eigenvalue weighted by Crippen LogP contribution is 2.33. The number of azo groups is 1. The Hall–Kier alpha value is -2.66. The molecule has 0 aliphatic heterocycles. The van der Waals surface area contributed by atoms with Crippen LogP contribution < -0.4 is 5.32 Å². The minimum absolute atomic E-state index is 0.0000788. The van der Waals surface area contributed by atoms with Gasteiger partial charge in [0.15, 0.2) is 0 Å². The van der Waals surface area contributed by atoms with Crippen LogP contribution in [0, 0.1) is 5.82 Å². The molecule has 3 rings (SSSR count). The van der Waals surface area contributed by atoms with Crippen LogP contribution in [0.25, 0.3) is 0 Å². The molecule has 0 amide bonds. The number of rotatable bonds is 5. The molecule has 0 aliphatic carbocycles. The molecule has 0 radical (unpaired) electrons. The van der Waals surface area contributed by atoms with Gasteiger partial charge < -0.3 is 5.32 Å². The Kier molecular flexibility index (Phi) is 6.38. The van der Waals surface area contributed by atoms with Crippen molar-refractivity contribution in [3.8, 4) is 0 Å². The number of hydrogen-bond donors (Lipinski definition) is 1. The predicted molar refractivity (Wildman–Crippen MR) is 102 cm³/mol. The SMILES string of the molecule is Fc1ccc(Nc2cc(Cl)nc(N=NCc3ccc(Br)nc3)n2)cc1C(F)(F)F. The molecule has 0 aliphatic rings. The van der Waals surface area contributed by atoms with Crippen molar-refractivity contribution >= 4 is 45.0 Å². The summed E-state index contributed by atoms with van der Waals surface area (Å²) in [6, 6.07) is 7.32. The maximum Gasteiger partial charge on any atom is 0.419 e. The second kappa shape index (κ2) is 8.78. The van der Waals surface area contributed by atoms with Crippen LogP contribution in [0.5, 0.6) is 0 Å². The van der Waals surface area contributed by atoms with Crippen molar-refractivity contribution in [3.05, 3.63) is 69.3 Å². The lowest BCUT2D eigenvalue weighted by molar-refractivity contribution is -0.139. The standard InChI is InChI=1S/C17H10BrClF4N6/c18-13-4-1-9(7-24-13)8-25-29-16-27-14(19)6-15(28-16)26-10-2-3-12(20)11(5-10)17(21,22)23/h1-7H,8H2,(H,26,27,28). The molecule has 29 heavy (non-hydrogen) atoms. The molecule has 2 heterocycles. The summed E-state index contributed by atoms with van der Waals surface area (Å²) in [6.07, 6.45) is -3.21. The summed E-state index contributed by atoms with van der Waals surface area (Å²) in [5.74, 6) is -1.40. The summed E-state index contributed by atoms with van der Waals surface area (Å²) in [4.78, 5) is 12.0. The molecular formula is C17H10BrClF4N6. The van der Waals surface area contributed by atoms with Gasteiger partial charge in [-0.1, -0.05) is 17.7 Å². The van der Waals surface area contributed by atoms with Gasteiger partial charge in [-0.15, -0.1) is 5.11 Å². The highest BCUT2D eigenvalue weighted by Gasteiger charge is 2.34. The third-order valence-electron chi connectivity index (χ3n) is 3.43. The molecule has 1 aromatic carbocycles. The Bertz CT molecular complexity index is 1040. The summed E-state index contributed by atoms with van der Waals surface area (Å²) < 4.78 is 52.6. The van der Waals surface area contributed by atoms with E-state index in [9.17, 15) is 17.6 Å². The van der Waals surface area contributed by atoms with E-state index in [2.05, 4.69) is 46.4 Å². The van der Waals surface area contributed by atoms with E-state index in [0.717, 1.165) is 11.6 Å². The molecule has 0 saturated carbocycles. The van der Waals surface area contributed by atoms with Gasteiger partial charge >= 0.3 is 6.18 Å². The highest BCUT2D eigenvalue weighted by atomic mass is 79.9. The van der Waals surface area contributed by atoms with Gasteiger partial charge in [-0.3, -0.25) is 0 Å². The molecule has 3 aromatic rings. The molecular weight excluding hydrogens is 480 g/mol. The average Bonchev–Trinajstić information content (AvgIpc) is 2.64. The van der Waals surface area contributed by atoms with Crippen molar-refractivity contribution < 1.29 is 17.6 Å². The number of alkyl halides is 3. The maximum atomic E-state index is 13.4. The number of aromatic nitrogens is 3. The summed E-state index contributed by atoms with van der Waals surface area (Å²) in [7, 11) is 0. The topological polar surface area (TPSA) is 75.4 Å². The molecule has 0 unspecified atom stereocenters. The van der Waals surface area contributed by atoms with Crippen LogP contribution in [0.1, 0.15) is 11.1 Å². The number of anilines is 2. The summed E-state index contributed by atoms with van der Waals surface area (Å²) >= 11 is 9.13. The molecule has 0 saturated heterocycles. The smallest absolute Gasteiger partial charge is 0.340 e. The van der Waals surface area contributed by atoms with Gasteiger partial charge in [-0.2, -0.15) is 28.3 Å². The van der Waals surface area contributed by atoms with E-state index < -0.39 is 17.6 Å². The number of hydrogen-bond acceptors (Lipinski definition) is 6. The van der Waals surface area contributed by atoms with Crippen molar-refractivity contribution in [1.82, 2.24) is 15.0 Å². The van der Waals surface area contributed by atoms with Gasteiger partial charge in [-0.25, -0.2) is 9.37 Å². The summed E-state index contributed by atoms with van der Waals surface area (Å²) in [5.41, 5.74) is -0.633. The zero-order valence-electron chi connectivity index (χ0n) is 14.3. The Balaban J connectivity index is 1.77. The van der Waals surface area contributed by atoms with Crippen molar-refractivity contribution in [2.45, 2.75) is 12.7 Å². The highest BCUT2D eigenvalue weighted by molar-refractivity contribution is 9.10. The fourth-order valence-corrected chi connectivity index (χ4v) is 2.58. The van der Waals surface area contributed by atoms with Crippen LogP contribution >= 0.6 is 27.5 Å². The Morgan fingerprint density at radius 3 is 2.59 bits per heavy atom. The molecule has 0 fully saturated rings. The van der Waals surface area contributed by atoms with Crippen molar-refractivity contribution in [1.29, 1.82) is 0 Å². The maximum absolute atomic E-state index is 13.4. The molecule has 150 valence electrons. The minimum Gasteiger partial charge on any atom is -0.340 e. The van der Waals surface area contributed by atoms with Gasteiger partial charge in [0.2, 0.25) is 0 Å². The van der Waals surface area contributed by atoms with Crippen molar-refractivity contribution in [2.24, 2.45) is 10.2 Å². The third-order valence-corrected chi connectivity index (χ3v) is 4.09. The van der Waals surface area contributed by atoms with Gasteiger partial charge in [0.1, 0.15) is 21.4 Å². The number of nitrogens with zero attached hydrogens (tertiary/aromatic N) is 5. The van der Waals surface area contributed by atoms with Crippen LogP contribution in [-0.4, -0.2) is 15.0 Å².